The van der Waals surface area contributed by atoms with Crippen LogP contribution in [-0.2, 0) is 9.53 Å². The quantitative estimate of drug-likeness (QED) is 0.578. The Morgan fingerprint density at radius 2 is 2.06 bits per heavy atom. The van der Waals surface area contributed by atoms with Crippen molar-refractivity contribution in [2.24, 2.45) is 17.3 Å². The molecule has 1 aliphatic carbocycles. The third-order valence-corrected chi connectivity index (χ3v) is 4.03. The second-order valence-corrected chi connectivity index (χ2v) is 6.23. The number of esters is 1. The number of ether oxygens (including phenoxy) is 1. The van der Waals surface area contributed by atoms with E-state index >= 15 is 0 Å². The molecular formula is C11H14Cl3FO2. The second-order valence-electron chi connectivity index (χ2n) is 4.59. The minimum atomic E-state index is -2.61. The lowest BCUT2D eigenvalue weighted by Gasteiger charge is -2.07. The zero-order chi connectivity index (χ0) is 13.4. The standard InChI is InChI=1S/C11H14Cl3FO2/c1-4-17-9(16)8-6(10(8,2)3)5-7(12)11(13,14)15/h5-6,8H,4H2,1-3H3. The lowest BCUT2D eigenvalue weighted by atomic mass is 10.1. The minimum Gasteiger partial charge on any atom is -0.466 e. The van der Waals surface area contributed by atoms with Gasteiger partial charge in [0.05, 0.1) is 17.6 Å². The first-order valence-electron chi connectivity index (χ1n) is 5.23. The molecule has 1 fully saturated rings. The summed E-state index contributed by atoms with van der Waals surface area (Å²) >= 11 is 16.1. The molecule has 1 aliphatic rings. The molecule has 0 aromatic rings. The Balaban J connectivity index is 2.79. The number of carbonyl (C=O) groups is 1. The number of hydrogen-bond acceptors (Lipinski definition) is 2. The summed E-state index contributed by atoms with van der Waals surface area (Å²) in [7, 11) is 0. The maximum absolute atomic E-state index is 13.1. The monoisotopic (exact) mass is 302 g/mol. The summed E-state index contributed by atoms with van der Waals surface area (Å²) in [6.45, 7) is 5.80. The van der Waals surface area contributed by atoms with Gasteiger partial charge in [0.25, 0.3) is 4.59 Å². The fourth-order valence-corrected chi connectivity index (χ4v) is 2.18. The molecule has 0 amide bonds. The van der Waals surface area contributed by atoms with E-state index in [1.54, 1.807) is 6.92 Å². The van der Waals surface area contributed by atoms with Crippen LogP contribution in [0.5, 0.6) is 0 Å². The Morgan fingerprint density at radius 3 is 2.47 bits per heavy atom. The van der Waals surface area contributed by atoms with E-state index in [1.807, 2.05) is 13.8 Å². The topological polar surface area (TPSA) is 26.3 Å². The minimum absolute atomic E-state index is 0.207. The first-order chi connectivity index (χ1) is 7.62. The number of hydrogen-bond donors (Lipinski definition) is 0. The molecule has 0 N–H and O–H groups in total. The molecule has 0 radical (unpaired) electrons. The second kappa shape index (κ2) is 4.94. The molecule has 0 saturated heterocycles. The Hall–Kier alpha value is 0.01000. The van der Waals surface area contributed by atoms with Gasteiger partial charge in [-0.2, -0.15) is 0 Å². The maximum Gasteiger partial charge on any atom is 0.310 e. The average molecular weight is 304 g/mol. The van der Waals surface area contributed by atoms with E-state index in [-0.39, 0.29) is 28.3 Å². The van der Waals surface area contributed by atoms with Gasteiger partial charge in [0.2, 0.25) is 0 Å². The highest BCUT2D eigenvalue weighted by molar-refractivity contribution is 6.54. The van der Waals surface area contributed by atoms with Crippen molar-refractivity contribution in [1.82, 2.24) is 0 Å². The molecule has 0 bridgehead atoms. The van der Waals surface area contributed by atoms with Gasteiger partial charge in [0, 0.05) is 0 Å². The van der Waals surface area contributed by atoms with Crippen molar-refractivity contribution >= 4 is 40.8 Å². The fraction of sp³-hybridized carbons (Fsp3) is 0.727. The summed E-state index contributed by atoms with van der Waals surface area (Å²) in [6, 6.07) is 0. The van der Waals surface area contributed by atoms with Crippen LogP contribution < -0.4 is 0 Å². The molecule has 1 saturated carbocycles. The number of alkyl halides is 3. The van der Waals surface area contributed by atoms with Crippen LogP contribution in [0.3, 0.4) is 0 Å². The fourth-order valence-electron chi connectivity index (χ4n) is 1.92. The van der Waals surface area contributed by atoms with Crippen molar-refractivity contribution < 1.29 is 13.9 Å². The summed E-state index contributed by atoms with van der Waals surface area (Å²) in [4.78, 5) is 11.6. The van der Waals surface area contributed by atoms with Gasteiger partial charge >= 0.3 is 5.97 Å². The van der Waals surface area contributed by atoms with Gasteiger partial charge in [-0.25, -0.2) is 4.39 Å². The Labute approximate surface area is 115 Å². The molecule has 0 aromatic carbocycles. The molecule has 0 spiro atoms. The normalized spacial score (nSPS) is 27.8. The van der Waals surface area contributed by atoms with Crippen LogP contribution in [0.4, 0.5) is 4.39 Å². The van der Waals surface area contributed by atoms with Crippen molar-refractivity contribution in [3.05, 3.63) is 11.1 Å². The van der Waals surface area contributed by atoms with Crippen LogP contribution >= 0.6 is 34.8 Å². The van der Waals surface area contributed by atoms with Crippen molar-refractivity contribution in [2.75, 3.05) is 6.61 Å². The first kappa shape index (κ1) is 15.1. The van der Waals surface area contributed by atoms with Crippen molar-refractivity contribution in [1.29, 1.82) is 0 Å². The van der Waals surface area contributed by atoms with E-state index in [9.17, 15) is 9.18 Å². The maximum atomic E-state index is 13.1. The third-order valence-electron chi connectivity index (χ3n) is 3.05. The van der Waals surface area contributed by atoms with Crippen molar-refractivity contribution in [2.45, 2.75) is 25.4 Å². The largest absolute Gasteiger partial charge is 0.466 e. The van der Waals surface area contributed by atoms with E-state index in [0.717, 1.165) is 0 Å². The van der Waals surface area contributed by atoms with Gasteiger partial charge in [0.1, 0.15) is 0 Å². The van der Waals surface area contributed by atoms with Crippen LogP contribution in [0.1, 0.15) is 20.8 Å². The zero-order valence-electron chi connectivity index (χ0n) is 9.77. The van der Waals surface area contributed by atoms with Crippen LogP contribution in [0.2, 0.25) is 0 Å². The average Bonchev–Trinajstić information content (AvgIpc) is 2.67. The van der Waals surface area contributed by atoms with Gasteiger partial charge in [-0.1, -0.05) is 54.7 Å². The van der Waals surface area contributed by atoms with Gasteiger partial charge in [0.15, 0.2) is 0 Å². The number of allylic oxidation sites excluding steroid dienone is 2. The van der Waals surface area contributed by atoms with Crippen molar-refractivity contribution in [3.63, 3.8) is 0 Å². The Morgan fingerprint density at radius 1 is 1.53 bits per heavy atom. The third kappa shape index (κ3) is 3.27. The molecule has 2 unspecified atom stereocenters. The van der Waals surface area contributed by atoms with Gasteiger partial charge in [-0.05, 0) is 18.3 Å². The number of carbonyl (C=O) groups excluding carboxylic acids is 1. The number of rotatable bonds is 4. The van der Waals surface area contributed by atoms with E-state index in [2.05, 4.69) is 0 Å². The molecule has 6 heteroatoms. The summed E-state index contributed by atoms with van der Waals surface area (Å²) in [5, 5.41) is -0.314. The summed E-state index contributed by atoms with van der Waals surface area (Å²) in [5.74, 6) is -0.842. The highest BCUT2D eigenvalue weighted by Gasteiger charge is 2.61. The molecule has 0 aliphatic heterocycles. The first-order valence-corrected chi connectivity index (χ1v) is 6.37. The van der Waals surface area contributed by atoms with Crippen LogP contribution in [-0.4, -0.2) is 17.2 Å². The summed E-state index contributed by atoms with van der Waals surface area (Å²) in [5.41, 5.74) is -0.314. The van der Waals surface area contributed by atoms with Gasteiger partial charge in [-0.15, -0.1) is 0 Å². The molecule has 2 atom stereocenters. The van der Waals surface area contributed by atoms with Crippen LogP contribution in [0, 0.1) is 17.3 Å². The number of halogens is 4. The summed E-state index contributed by atoms with van der Waals surface area (Å²) in [6.07, 6.45) is 1.39. The Bertz CT molecular complexity index is 347. The van der Waals surface area contributed by atoms with E-state index < -0.39 is 4.59 Å². The molecule has 1 rings (SSSR count). The predicted molar refractivity (Wildman–Crippen MR) is 66.9 cm³/mol. The highest BCUT2D eigenvalue weighted by Crippen LogP contribution is 2.60. The van der Waals surface area contributed by atoms with E-state index in [4.69, 9.17) is 39.5 Å². The van der Waals surface area contributed by atoms with Crippen LogP contribution in [0.15, 0.2) is 11.1 Å². The van der Waals surface area contributed by atoms with Gasteiger partial charge in [-0.3, -0.25) is 4.79 Å². The predicted octanol–water partition coefficient (Wildman–Crippen LogP) is 4.05. The molecule has 0 heterocycles. The van der Waals surface area contributed by atoms with E-state index in [0.29, 0.717) is 6.61 Å². The zero-order valence-corrected chi connectivity index (χ0v) is 12.0. The van der Waals surface area contributed by atoms with Gasteiger partial charge < -0.3 is 4.74 Å². The van der Waals surface area contributed by atoms with E-state index in [1.165, 1.54) is 6.08 Å². The lowest BCUT2D eigenvalue weighted by Crippen LogP contribution is -2.10. The van der Waals surface area contributed by atoms with Crippen molar-refractivity contribution in [3.8, 4) is 0 Å². The molecule has 2 nitrogen and oxygen atoms in total. The molecule has 0 aromatic heterocycles. The SMILES string of the molecule is CCOC(=O)C1C(C=C(Cl)C(F)(Cl)Cl)C1(C)C. The molecule has 17 heavy (non-hydrogen) atoms. The van der Waals surface area contributed by atoms with Crippen LogP contribution in [0.25, 0.3) is 0 Å². The highest BCUT2D eigenvalue weighted by atomic mass is 35.5. The summed E-state index contributed by atoms with van der Waals surface area (Å²) < 4.78 is 15.4. The smallest absolute Gasteiger partial charge is 0.310 e. The molecule has 98 valence electrons. The molecular weight excluding hydrogens is 289 g/mol. The Kier molecular flexibility index (Phi) is 4.38. The lowest BCUT2D eigenvalue weighted by molar-refractivity contribution is -0.145.